The molecule has 2 N–H and O–H groups in total. The Labute approximate surface area is 224 Å². The van der Waals surface area contributed by atoms with Crippen LogP contribution >= 0.6 is 11.9 Å². The van der Waals surface area contributed by atoms with Gasteiger partial charge in [-0.05, 0) is 49.3 Å². The molecule has 1 aromatic carbocycles. The molecule has 2 saturated heterocycles. The van der Waals surface area contributed by atoms with E-state index in [1.54, 1.807) is 17.1 Å². The third-order valence-corrected chi connectivity index (χ3v) is 8.70. The minimum Gasteiger partial charge on any atom is -0.395 e. The average Bonchev–Trinajstić information content (AvgIpc) is 3.49. The molecular weight excluding hydrogens is 510 g/mol. The minimum atomic E-state index is -2.61. The summed E-state index contributed by atoms with van der Waals surface area (Å²) in [6.07, 6.45) is 9.80. The second-order valence-corrected chi connectivity index (χ2v) is 11.4. The number of alkyl halides is 2. The summed E-state index contributed by atoms with van der Waals surface area (Å²) in [7, 11) is 0. The summed E-state index contributed by atoms with van der Waals surface area (Å²) in [5.74, 6) is -0.949. The van der Waals surface area contributed by atoms with Crippen LogP contribution in [0, 0.1) is 5.41 Å². The van der Waals surface area contributed by atoms with E-state index >= 15 is 0 Å². The smallest absolute Gasteiger partial charge is 0.251 e. The second-order valence-electron chi connectivity index (χ2n) is 10.5. The summed E-state index contributed by atoms with van der Waals surface area (Å²) >= 11 is 1.48. The van der Waals surface area contributed by atoms with E-state index in [9.17, 15) is 8.78 Å². The summed E-state index contributed by atoms with van der Waals surface area (Å²) in [5, 5.41) is 17.9. The molecule has 0 unspecified atom stereocenters. The minimum absolute atomic E-state index is 0.119. The van der Waals surface area contributed by atoms with Crippen LogP contribution in [0.1, 0.15) is 38.5 Å². The molecule has 0 bridgehead atoms. The molecule has 12 heteroatoms. The van der Waals surface area contributed by atoms with E-state index in [1.165, 1.54) is 37.6 Å². The number of benzene rings is 1. The lowest BCUT2D eigenvalue weighted by molar-refractivity contribution is -0.0221. The van der Waals surface area contributed by atoms with Gasteiger partial charge in [0.15, 0.2) is 5.82 Å². The van der Waals surface area contributed by atoms with Gasteiger partial charge in [0.2, 0.25) is 0 Å². The summed E-state index contributed by atoms with van der Waals surface area (Å²) in [5.41, 5.74) is 4.37. The lowest BCUT2D eigenvalue weighted by atomic mass is 9.93. The number of aliphatic hydroxyl groups excluding tert-OH is 1. The van der Waals surface area contributed by atoms with Crippen LogP contribution in [0.25, 0.3) is 17.1 Å². The Kier molecular flexibility index (Phi) is 6.85. The molecule has 0 atom stereocenters. The zero-order valence-corrected chi connectivity index (χ0v) is 22.0. The van der Waals surface area contributed by atoms with Crippen LogP contribution < -0.4 is 14.5 Å². The van der Waals surface area contributed by atoms with Gasteiger partial charge in [0.05, 0.1) is 25.2 Å². The van der Waals surface area contributed by atoms with Crippen molar-refractivity contribution in [1.29, 1.82) is 0 Å². The van der Waals surface area contributed by atoms with Gasteiger partial charge in [0, 0.05) is 61.7 Å². The molecular formula is C26H32F2N8OS. The number of nitrogens with one attached hydrogen (secondary N) is 1. The number of aliphatic hydroxyl groups is 1. The van der Waals surface area contributed by atoms with Crippen molar-refractivity contribution >= 4 is 29.1 Å². The normalized spacial score (nSPS) is 20.1. The van der Waals surface area contributed by atoms with Crippen LogP contribution in [0.4, 0.5) is 26.0 Å². The number of anilines is 3. The molecule has 1 saturated carbocycles. The molecule has 2 aromatic heterocycles. The predicted molar refractivity (Wildman–Crippen MR) is 145 cm³/mol. The highest BCUT2D eigenvalue weighted by molar-refractivity contribution is 8.00. The summed E-state index contributed by atoms with van der Waals surface area (Å²) in [6, 6.07) is 6.22. The highest BCUT2D eigenvalue weighted by Gasteiger charge is 2.44. The SMILES string of the molecule is OCCSNc1ccc(-c2cn(-c3cncc(N4CCC(F)(F)CC4)n3)nn2)c(N2CCC3(CC2)CC3)c1. The van der Waals surface area contributed by atoms with E-state index in [4.69, 9.17) is 5.11 Å². The lowest BCUT2D eigenvalue weighted by Gasteiger charge is -2.35. The first-order chi connectivity index (χ1) is 18.4. The fourth-order valence-electron chi connectivity index (χ4n) is 5.32. The molecule has 1 aliphatic carbocycles. The van der Waals surface area contributed by atoms with Gasteiger partial charge in [-0.15, -0.1) is 5.10 Å². The maximum atomic E-state index is 13.6. The van der Waals surface area contributed by atoms with Gasteiger partial charge in [-0.25, -0.2) is 18.4 Å². The van der Waals surface area contributed by atoms with Crippen molar-refractivity contribution < 1.29 is 13.9 Å². The quantitative estimate of drug-likeness (QED) is 0.317. The van der Waals surface area contributed by atoms with Crippen molar-refractivity contribution in [2.75, 3.05) is 53.1 Å². The fourth-order valence-corrected chi connectivity index (χ4v) is 5.81. The molecule has 1 spiro atoms. The summed E-state index contributed by atoms with van der Waals surface area (Å²) < 4.78 is 32.1. The number of hydrogen-bond donors (Lipinski definition) is 2. The van der Waals surface area contributed by atoms with Gasteiger partial charge in [0.1, 0.15) is 11.5 Å². The zero-order valence-electron chi connectivity index (χ0n) is 21.2. The van der Waals surface area contributed by atoms with Crippen molar-refractivity contribution in [3.05, 3.63) is 36.8 Å². The van der Waals surface area contributed by atoms with E-state index in [0.717, 1.165) is 35.7 Å². The topological polar surface area (TPSA) is 95.2 Å². The Morgan fingerprint density at radius 2 is 1.68 bits per heavy atom. The van der Waals surface area contributed by atoms with Crippen molar-refractivity contribution in [1.82, 2.24) is 25.0 Å². The van der Waals surface area contributed by atoms with Crippen molar-refractivity contribution in [3.63, 3.8) is 0 Å². The maximum absolute atomic E-state index is 13.6. The third-order valence-electron chi connectivity index (χ3n) is 7.94. The molecule has 3 aromatic rings. The number of rotatable bonds is 8. The molecule has 9 nitrogen and oxygen atoms in total. The first-order valence-corrected chi connectivity index (χ1v) is 14.2. The highest BCUT2D eigenvalue weighted by Crippen LogP contribution is 2.54. The first-order valence-electron chi connectivity index (χ1n) is 13.2. The molecule has 3 fully saturated rings. The molecule has 0 radical (unpaired) electrons. The fraction of sp³-hybridized carbons (Fsp3) is 0.538. The maximum Gasteiger partial charge on any atom is 0.251 e. The number of piperidine rings is 2. The molecule has 202 valence electrons. The lowest BCUT2D eigenvalue weighted by Crippen LogP contribution is -2.39. The number of aromatic nitrogens is 5. The molecule has 2 aliphatic heterocycles. The zero-order chi connectivity index (χ0) is 26.2. The van der Waals surface area contributed by atoms with Gasteiger partial charge in [-0.1, -0.05) is 17.2 Å². The van der Waals surface area contributed by atoms with Crippen molar-refractivity contribution in [3.8, 4) is 17.1 Å². The predicted octanol–water partition coefficient (Wildman–Crippen LogP) is 4.39. The highest BCUT2D eigenvalue weighted by atomic mass is 32.2. The van der Waals surface area contributed by atoms with E-state index in [1.807, 2.05) is 17.2 Å². The Balaban J connectivity index is 1.25. The van der Waals surface area contributed by atoms with E-state index in [2.05, 4.69) is 42.0 Å². The number of halogens is 2. The van der Waals surface area contributed by atoms with E-state index in [-0.39, 0.29) is 32.5 Å². The van der Waals surface area contributed by atoms with E-state index < -0.39 is 5.92 Å². The van der Waals surface area contributed by atoms with Crippen LogP contribution in [-0.2, 0) is 0 Å². The Morgan fingerprint density at radius 1 is 0.947 bits per heavy atom. The van der Waals surface area contributed by atoms with Gasteiger partial charge >= 0.3 is 0 Å². The average molecular weight is 543 g/mol. The molecule has 3 aliphatic rings. The Morgan fingerprint density at radius 3 is 2.42 bits per heavy atom. The van der Waals surface area contributed by atoms with Gasteiger partial charge in [-0.3, -0.25) is 4.98 Å². The summed E-state index contributed by atoms with van der Waals surface area (Å²) in [4.78, 5) is 13.2. The number of nitrogens with zero attached hydrogens (tertiary/aromatic N) is 7. The van der Waals surface area contributed by atoms with Crippen LogP contribution in [0.5, 0.6) is 0 Å². The van der Waals surface area contributed by atoms with Crippen LogP contribution in [-0.4, -0.2) is 74.5 Å². The second kappa shape index (κ2) is 10.3. The third kappa shape index (κ3) is 5.42. The van der Waals surface area contributed by atoms with Crippen LogP contribution in [0.15, 0.2) is 36.8 Å². The number of hydrogen-bond acceptors (Lipinski definition) is 9. The van der Waals surface area contributed by atoms with Crippen molar-refractivity contribution in [2.24, 2.45) is 5.41 Å². The van der Waals surface area contributed by atoms with Gasteiger partial charge < -0.3 is 19.6 Å². The van der Waals surface area contributed by atoms with Crippen LogP contribution in [0.2, 0.25) is 0 Å². The molecule has 38 heavy (non-hydrogen) atoms. The monoisotopic (exact) mass is 542 g/mol. The first kappa shape index (κ1) is 25.3. The Hall–Kier alpha value is -2.99. The van der Waals surface area contributed by atoms with E-state index in [0.29, 0.717) is 22.8 Å². The summed E-state index contributed by atoms with van der Waals surface area (Å²) in [6.45, 7) is 2.62. The molecule has 0 amide bonds. The van der Waals surface area contributed by atoms with Gasteiger partial charge in [0.25, 0.3) is 5.92 Å². The largest absolute Gasteiger partial charge is 0.395 e. The van der Waals surface area contributed by atoms with Gasteiger partial charge in [-0.2, -0.15) is 0 Å². The van der Waals surface area contributed by atoms with Crippen molar-refractivity contribution in [2.45, 2.75) is 44.4 Å². The molecule has 6 rings (SSSR count). The van der Waals surface area contributed by atoms with Crippen LogP contribution in [0.3, 0.4) is 0 Å². The standard InChI is InChI=1S/C26H32F2N8OS/c27-26(28)7-11-35(12-8-26)23-16-29-17-24(30-23)36-18-21(31-33-36)20-2-1-19(32-38-14-13-37)15-22(20)34-9-5-25(3-4-25)6-10-34/h1-2,15-18,32,37H,3-14H2. The molecule has 4 heterocycles. The Bertz CT molecular complexity index is 1260.